The van der Waals surface area contributed by atoms with Crippen LogP contribution in [0.1, 0.15) is 41.6 Å². The molecular weight excluding hydrogens is 348 g/mol. The van der Waals surface area contributed by atoms with Crippen molar-refractivity contribution >= 4 is 21.6 Å². The van der Waals surface area contributed by atoms with Crippen LogP contribution in [0.25, 0.3) is 0 Å². The summed E-state index contributed by atoms with van der Waals surface area (Å²) in [6.07, 6.45) is 3.97. The third-order valence-corrected chi connectivity index (χ3v) is 6.54. The molecule has 1 fully saturated rings. The van der Waals surface area contributed by atoms with Gasteiger partial charge in [-0.1, -0.05) is 30.5 Å². The molecule has 0 atom stereocenters. The maximum absolute atomic E-state index is 12.8. The molecule has 0 spiro atoms. The predicted molar refractivity (Wildman–Crippen MR) is 103 cm³/mol. The zero-order valence-electron chi connectivity index (χ0n) is 14.9. The Kier molecular flexibility index (Phi) is 5.74. The number of rotatable bonds is 4. The van der Waals surface area contributed by atoms with Gasteiger partial charge in [0.05, 0.1) is 4.90 Å². The molecule has 1 heterocycles. The van der Waals surface area contributed by atoms with Crippen molar-refractivity contribution < 1.29 is 13.2 Å². The lowest BCUT2D eigenvalue weighted by molar-refractivity contribution is 0.102. The number of carbonyl (C=O) groups excluding carboxylic acids is 1. The number of carbonyl (C=O) groups is 1. The van der Waals surface area contributed by atoms with Crippen molar-refractivity contribution in [2.75, 3.05) is 18.4 Å². The molecular formula is C20H24N2O3S. The molecule has 2 aromatic rings. The largest absolute Gasteiger partial charge is 0.322 e. The lowest BCUT2D eigenvalue weighted by Gasteiger charge is -2.20. The van der Waals surface area contributed by atoms with Gasteiger partial charge < -0.3 is 5.32 Å². The Balaban J connectivity index is 1.71. The molecule has 6 heteroatoms. The minimum absolute atomic E-state index is 0.215. The van der Waals surface area contributed by atoms with Crippen LogP contribution < -0.4 is 5.32 Å². The van der Waals surface area contributed by atoms with Crippen molar-refractivity contribution in [1.82, 2.24) is 4.31 Å². The van der Waals surface area contributed by atoms with Crippen LogP contribution in [0.2, 0.25) is 0 Å². The first-order valence-corrected chi connectivity index (χ1v) is 10.4. The van der Waals surface area contributed by atoms with Crippen molar-refractivity contribution in [3.8, 4) is 0 Å². The van der Waals surface area contributed by atoms with E-state index in [4.69, 9.17) is 0 Å². The molecule has 0 radical (unpaired) electrons. The molecule has 138 valence electrons. The average molecular weight is 372 g/mol. The molecule has 0 aromatic heterocycles. The van der Waals surface area contributed by atoms with E-state index in [9.17, 15) is 13.2 Å². The maximum Gasteiger partial charge on any atom is 0.255 e. The van der Waals surface area contributed by atoms with E-state index in [0.29, 0.717) is 24.3 Å². The van der Waals surface area contributed by atoms with Gasteiger partial charge in [-0.05, 0) is 56.2 Å². The molecule has 1 aliphatic rings. The highest BCUT2D eigenvalue weighted by Crippen LogP contribution is 2.22. The normalized spacial score (nSPS) is 16.0. The van der Waals surface area contributed by atoms with Gasteiger partial charge in [-0.15, -0.1) is 0 Å². The summed E-state index contributed by atoms with van der Waals surface area (Å²) < 4.78 is 27.1. The Morgan fingerprint density at radius 3 is 2.04 bits per heavy atom. The van der Waals surface area contributed by atoms with Crippen molar-refractivity contribution in [2.24, 2.45) is 0 Å². The van der Waals surface area contributed by atoms with Crippen LogP contribution in [-0.4, -0.2) is 31.7 Å². The van der Waals surface area contributed by atoms with Crippen LogP contribution in [0, 0.1) is 6.92 Å². The number of aryl methyl sites for hydroxylation is 1. The standard InChI is InChI=1S/C20H24N2O3S/c1-16-6-8-17(9-7-16)20(23)21-18-10-12-19(13-11-18)26(24,25)22-14-4-2-3-5-15-22/h6-13H,2-5,14-15H2,1H3,(H,21,23). The molecule has 5 nitrogen and oxygen atoms in total. The molecule has 26 heavy (non-hydrogen) atoms. The number of hydrogen-bond donors (Lipinski definition) is 1. The zero-order valence-corrected chi connectivity index (χ0v) is 15.8. The highest BCUT2D eigenvalue weighted by molar-refractivity contribution is 7.89. The van der Waals surface area contributed by atoms with E-state index >= 15 is 0 Å². The fourth-order valence-electron chi connectivity index (χ4n) is 3.05. The Hall–Kier alpha value is -2.18. The van der Waals surface area contributed by atoms with Crippen molar-refractivity contribution in [3.63, 3.8) is 0 Å². The van der Waals surface area contributed by atoms with Gasteiger partial charge in [-0.2, -0.15) is 4.31 Å². The third kappa shape index (κ3) is 4.31. The number of hydrogen-bond acceptors (Lipinski definition) is 3. The average Bonchev–Trinajstić information content (AvgIpc) is 2.93. The second kappa shape index (κ2) is 8.01. The number of benzene rings is 2. The quantitative estimate of drug-likeness (QED) is 0.887. The smallest absolute Gasteiger partial charge is 0.255 e. The van der Waals surface area contributed by atoms with Crippen LogP contribution in [-0.2, 0) is 10.0 Å². The van der Waals surface area contributed by atoms with Gasteiger partial charge >= 0.3 is 0 Å². The summed E-state index contributed by atoms with van der Waals surface area (Å²) in [5.41, 5.74) is 2.23. The predicted octanol–water partition coefficient (Wildman–Crippen LogP) is 3.81. The van der Waals surface area contributed by atoms with Crippen LogP contribution in [0.4, 0.5) is 5.69 Å². The van der Waals surface area contributed by atoms with E-state index in [-0.39, 0.29) is 10.8 Å². The van der Waals surface area contributed by atoms with E-state index in [2.05, 4.69) is 5.32 Å². The molecule has 0 bridgehead atoms. The fourth-order valence-corrected chi connectivity index (χ4v) is 4.57. The van der Waals surface area contributed by atoms with Gasteiger partial charge in [0.15, 0.2) is 0 Å². The fraction of sp³-hybridized carbons (Fsp3) is 0.350. The lowest BCUT2D eigenvalue weighted by Crippen LogP contribution is -2.31. The van der Waals surface area contributed by atoms with E-state index < -0.39 is 10.0 Å². The molecule has 2 aromatic carbocycles. The van der Waals surface area contributed by atoms with Gasteiger partial charge in [-0.25, -0.2) is 8.42 Å². The first kappa shape index (κ1) is 18.6. The van der Waals surface area contributed by atoms with E-state index in [1.807, 2.05) is 19.1 Å². The summed E-state index contributed by atoms with van der Waals surface area (Å²) in [4.78, 5) is 12.5. The van der Waals surface area contributed by atoms with E-state index in [0.717, 1.165) is 31.2 Å². The monoisotopic (exact) mass is 372 g/mol. The summed E-state index contributed by atoms with van der Waals surface area (Å²) in [5.74, 6) is -0.215. The topological polar surface area (TPSA) is 66.5 Å². The highest BCUT2D eigenvalue weighted by atomic mass is 32.2. The highest BCUT2D eigenvalue weighted by Gasteiger charge is 2.24. The molecule has 1 saturated heterocycles. The van der Waals surface area contributed by atoms with Gasteiger partial charge in [0.1, 0.15) is 0 Å². The molecule has 1 aliphatic heterocycles. The van der Waals surface area contributed by atoms with Crippen molar-refractivity contribution in [2.45, 2.75) is 37.5 Å². The Bertz CT molecular complexity index is 851. The summed E-state index contributed by atoms with van der Waals surface area (Å²) in [6.45, 7) is 3.12. The second-order valence-electron chi connectivity index (χ2n) is 6.66. The first-order valence-electron chi connectivity index (χ1n) is 8.95. The SMILES string of the molecule is Cc1ccc(C(=O)Nc2ccc(S(=O)(=O)N3CCCCCC3)cc2)cc1. The summed E-state index contributed by atoms with van der Waals surface area (Å²) >= 11 is 0. The first-order chi connectivity index (χ1) is 12.5. The molecule has 0 saturated carbocycles. The van der Waals surface area contributed by atoms with Gasteiger partial charge in [0, 0.05) is 24.3 Å². The number of nitrogens with zero attached hydrogens (tertiary/aromatic N) is 1. The summed E-state index contributed by atoms with van der Waals surface area (Å²) in [6, 6.07) is 13.7. The van der Waals surface area contributed by atoms with Crippen molar-refractivity contribution in [1.29, 1.82) is 0 Å². The van der Waals surface area contributed by atoms with Gasteiger partial charge in [0.2, 0.25) is 10.0 Å². The van der Waals surface area contributed by atoms with Crippen LogP contribution >= 0.6 is 0 Å². The van der Waals surface area contributed by atoms with Crippen LogP contribution in [0.3, 0.4) is 0 Å². The second-order valence-corrected chi connectivity index (χ2v) is 8.60. The minimum atomic E-state index is -3.47. The number of anilines is 1. The molecule has 0 unspecified atom stereocenters. The van der Waals surface area contributed by atoms with Crippen LogP contribution in [0.5, 0.6) is 0 Å². The summed E-state index contributed by atoms with van der Waals surface area (Å²) in [5, 5.41) is 2.80. The van der Waals surface area contributed by atoms with Crippen molar-refractivity contribution in [3.05, 3.63) is 59.7 Å². The van der Waals surface area contributed by atoms with E-state index in [1.165, 1.54) is 0 Å². The van der Waals surface area contributed by atoms with Gasteiger partial charge in [0.25, 0.3) is 5.91 Å². The molecule has 3 rings (SSSR count). The molecule has 1 N–H and O–H groups in total. The minimum Gasteiger partial charge on any atom is -0.322 e. The third-order valence-electron chi connectivity index (χ3n) is 4.63. The van der Waals surface area contributed by atoms with Gasteiger partial charge in [-0.3, -0.25) is 4.79 Å². The Labute approximate surface area is 155 Å². The number of nitrogens with one attached hydrogen (secondary N) is 1. The Morgan fingerprint density at radius 1 is 0.885 bits per heavy atom. The Morgan fingerprint density at radius 2 is 1.46 bits per heavy atom. The van der Waals surface area contributed by atoms with Crippen LogP contribution in [0.15, 0.2) is 53.4 Å². The number of amides is 1. The van der Waals surface area contributed by atoms with E-state index in [1.54, 1.807) is 40.7 Å². The maximum atomic E-state index is 12.8. The molecule has 0 aliphatic carbocycles. The lowest BCUT2D eigenvalue weighted by atomic mass is 10.1. The molecule has 1 amide bonds. The number of sulfonamides is 1. The zero-order chi connectivity index (χ0) is 18.6. The summed E-state index contributed by atoms with van der Waals surface area (Å²) in [7, 11) is -3.47.